The van der Waals surface area contributed by atoms with Crippen LogP contribution in [0.4, 0.5) is 0 Å². The number of unbranched alkanes of at least 4 members (excludes halogenated alkanes) is 1. The fraction of sp³-hybridized carbons (Fsp3) is 0.852. The van der Waals surface area contributed by atoms with E-state index in [1.165, 1.54) is 6.08 Å². The van der Waals surface area contributed by atoms with E-state index in [1.807, 2.05) is 6.08 Å². The lowest BCUT2D eigenvalue weighted by atomic mass is 9.41. The van der Waals surface area contributed by atoms with E-state index in [0.717, 1.165) is 51.5 Å². The lowest BCUT2D eigenvalue weighted by Gasteiger charge is -2.65. The first-order valence-corrected chi connectivity index (χ1v) is 13.2. The van der Waals surface area contributed by atoms with E-state index in [2.05, 4.69) is 20.1 Å². The average Bonchev–Trinajstić information content (AvgIpc) is 3.31. The molecule has 5 aliphatic rings. The third-order valence-corrected chi connectivity index (χ3v) is 10.6. The van der Waals surface area contributed by atoms with Crippen LogP contribution in [0.5, 0.6) is 0 Å². The summed E-state index contributed by atoms with van der Waals surface area (Å²) in [6, 6.07) is 0. The Bertz CT molecular complexity index is 842. The van der Waals surface area contributed by atoms with Crippen molar-refractivity contribution in [3.8, 4) is 0 Å². The second-order valence-electron chi connectivity index (χ2n) is 11.9. The Morgan fingerprint density at radius 3 is 2.58 bits per heavy atom. The molecule has 3 N–H and O–H groups in total. The summed E-state index contributed by atoms with van der Waals surface area (Å²) in [4.78, 5) is 16.6. The summed E-state index contributed by atoms with van der Waals surface area (Å²) in [6.45, 7) is 5.12. The van der Waals surface area contributed by atoms with Crippen molar-refractivity contribution in [1.82, 2.24) is 0 Å². The molecule has 0 radical (unpaired) electrons. The molecule has 1 aliphatic heterocycles. The number of carbonyl (C=O) groups excluding carboxylic acids is 1. The van der Waals surface area contributed by atoms with Gasteiger partial charge in [-0.15, -0.1) is 0 Å². The SMILES string of the molecule is CCCCN=C[C@]12CC[C@H](O)C[C@]1(O)CC[C@H]1[C@@H]2CC[C@]2(C)[C@H]([C@@H]3C=CC(=O)O3)CC[C@@]12O. The molecular formula is C27H41NO5. The third kappa shape index (κ3) is 3.30. The van der Waals surface area contributed by atoms with Crippen molar-refractivity contribution in [2.24, 2.45) is 33.6 Å². The fourth-order valence-electron chi connectivity index (χ4n) is 8.82. The fourth-order valence-corrected chi connectivity index (χ4v) is 8.82. The molecule has 0 aromatic heterocycles. The Kier molecular flexibility index (Phi) is 5.81. The maximum atomic E-state index is 12.4. The summed E-state index contributed by atoms with van der Waals surface area (Å²) in [7, 11) is 0. The molecule has 184 valence electrons. The van der Waals surface area contributed by atoms with E-state index >= 15 is 0 Å². The lowest BCUT2D eigenvalue weighted by molar-refractivity contribution is -0.241. The molecule has 4 fully saturated rings. The van der Waals surface area contributed by atoms with Crippen molar-refractivity contribution in [2.75, 3.05) is 6.54 Å². The Hall–Kier alpha value is -1.24. The predicted molar refractivity (Wildman–Crippen MR) is 126 cm³/mol. The summed E-state index contributed by atoms with van der Waals surface area (Å²) in [5, 5.41) is 34.8. The normalized spacial score (nSPS) is 51.3. The first-order valence-electron chi connectivity index (χ1n) is 13.2. The average molecular weight is 460 g/mol. The number of esters is 1. The molecular weight excluding hydrogens is 418 g/mol. The Morgan fingerprint density at radius 2 is 1.85 bits per heavy atom. The highest BCUT2D eigenvalue weighted by molar-refractivity contribution is 5.84. The molecule has 6 nitrogen and oxygen atoms in total. The van der Waals surface area contributed by atoms with Gasteiger partial charge in [-0.1, -0.05) is 20.3 Å². The van der Waals surface area contributed by atoms with Gasteiger partial charge in [0.1, 0.15) is 6.10 Å². The number of aliphatic imine (C=N–C) groups is 1. The summed E-state index contributed by atoms with van der Waals surface area (Å²) >= 11 is 0. The molecule has 0 unspecified atom stereocenters. The second kappa shape index (κ2) is 8.17. The molecule has 6 heteroatoms. The minimum atomic E-state index is -0.965. The van der Waals surface area contributed by atoms with E-state index in [0.29, 0.717) is 25.7 Å². The zero-order valence-corrected chi connectivity index (χ0v) is 20.2. The number of fused-ring (bicyclic) bond motifs is 5. The molecule has 4 saturated carbocycles. The monoisotopic (exact) mass is 459 g/mol. The summed E-state index contributed by atoms with van der Waals surface area (Å²) in [5.74, 6) is 0.0656. The van der Waals surface area contributed by atoms with Crippen LogP contribution in [0.2, 0.25) is 0 Å². The largest absolute Gasteiger partial charge is 0.455 e. The van der Waals surface area contributed by atoms with Crippen molar-refractivity contribution in [3.63, 3.8) is 0 Å². The van der Waals surface area contributed by atoms with Crippen LogP contribution in [-0.2, 0) is 9.53 Å². The molecule has 9 atom stereocenters. The molecule has 1 heterocycles. The maximum Gasteiger partial charge on any atom is 0.331 e. The summed E-state index contributed by atoms with van der Waals surface area (Å²) in [6.07, 6.45) is 13.3. The zero-order chi connectivity index (χ0) is 23.5. The predicted octanol–water partition coefficient (Wildman–Crippen LogP) is 3.57. The van der Waals surface area contributed by atoms with E-state index < -0.39 is 22.7 Å². The van der Waals surface area contributed by atoms with Gasteiger partial charge in [0, 0.05) is 42.0 Å². The number of nitrogens with zero attached hydrogens (tertiary/aromatic N) is 1. The molecule has 0 aromatic carbocycles. The smallest absolute Gasteiger partial charge is 0.331 e. The lowest BCUT2D eigenvalue weighted by Crippen LogP contribution is -2.69. The Balaban J connectivity index is 1.49. The highest BCUT2D eigenvalue weighted by atomic mass is 16.5. The molecule has 0 amide bonds. The number of ether oxygens (including phenoxy) is 1. The van der Waals surface area contributed by atoms with Gasteiger partial charge in [0.2, 0.25) is 0 Å². The van der Waals surface area contributed by atoms with Gasteiger partial charge in [-0.3, -0.25) is 4.99 Å². The highest BCUT2D eigenvalue weighted by Crippen LogP contribution is 2.70. The number of carbonyl (C=O) groups is 1. The molecule has 0 bridgehead atoms. The summed E-state index contributed by atoms with van der Waals surface area (Å²) < 4.78 is 5.60. The van der Waals surface area contributed by atoms with Crippen LogP contribution in [0, 0.1) is 28.6 Å². The zero-order valence-electron chi connectivity index (χ0n) is 20.2. The number of hydrogen-bond acceptors (Lipinski definition) is 6. The highest BCUT2D eigenvalue weighted by Gasteiger charge is 2.71. The Morgan fingerprint density at radius 1 is 1.09 bits per heavy atom. The van der Waals surface area contributed by atoms with Crippen molar-refractivity contribution < 1.29 is 24.9 Å². The van der Waals surface area contributed by atoms with Crippen molar-refractivity contribution in [3.05, 3.63) is 12.2 Å². The summed E-state index contributed by atoms with van der Waals surface area (Å²) in [5.41, 5.74) is -2.62. The number of hydrogen-bond donors (Lipinski definition) is 3. The third-order valence-electron chi connectivity index (χ3n) is 10.6. The minimum absolute atomic E-state index is 0.0791. The van der Waals surface area contributed by atoms with Gasteiger partial charge >= 0.3 is 5.97 Å². The first-order chi connectivity index (χ1) is 15.7. The maximum absolute atomic E-state index is 12.4. The van der Waals surface area contributed by atoms with Crippen LogP contribution in [0.15, 0.2) is 17.1 Å². The molecule has 0 spiro atoms. The minimum Gasteiger partial charge on any atom is -0.455 e. The van der Waals surface area contributed by atoms with Gasteiger partial charge in [-0.05, 0) is 75.7 Å². The molecule has 5 rings (SSSR count). The van der Waals surface area contributed by atoms with Crippen LogP contribution in [0.3, 0.4) is 0 Å². The Labute approximate surface area is 197 Å². The molecule has 4 aliphatic carbocycles. The number of rotatable bonds is 5. The van der Waals surface area contributed by atoms with E-state index in [1.54, 1.807) is 0 Å². The van der Waals surface area contributed by atoms with Crippen LogP contribution < -0.4 is 0 Å². The van der Waals surface area contributed by atoms with Crippen LogP contribution in [0.25, 0.3) is 0 Å². The molecule has 33 heavy (non-hydrogen) atoms. The standard InChI is InChI=1S/C27H41NO5/c1-3-4-15-28-17-25-12-7-18(29)16-26(25,31)13-9-20-19(25)8-11-24(2)21(10-14-27(20,24)32)22-5-6-23(30)33-22/h5-6,17-22,29,31-32H,3-4,7-16H2,1-2H3/t18-,19-,20-,21-,22-,24+,25-,26+,27+/m0/s1. The van der Waals surface area contributed by atoms with E-state index in [9.17, 15) is 20.1 Å². The number of aliphatic hydroxyl groups is 3. The van der Waals surface area contributed by atoms with E-state index in [-0.39, 0.29) is 35.2 Å². The van der Waals surface area contributed by atoms with Crippen molar-refractivity contribution in [2.45, 2.75) is 108 Å². The first kappa shape index (κ1) is 23.5. The van der Waals surface area contributed by atoms with Gasteiger partial charge in [-0.25, -0.2) is 4.79 Å². The van der Waals surface area contributed by atoms with Crippen molar-refractivity contribution in [1.29, 1.82) is 0 Å². The second-order valence-corrected chi connectivity index (χ2v) is 11.9. The van der Waals surface area contributed by atoms with Crippen LogP contribution >= 0.6 is 0 Å². The number of aliphatic hydroxyl groups excluding tert-OH is 1. The molecule has 0 saturated heterocycles. The van der Waals surface area contributed by atoms with Gasteiger partial charge in [0.25, 0.3) is 0 Å². The number of cyclic esters (lactones) is 1. The van der Waals surface area contributed by atoms with Crippen LogP contribution in [-0.4, -0.2) is 57.5 Å². The van der Waals surface area contributed by atoms with Crippen LogP contribution in [0.1, 0.15) is 84.5 Å². The van der Waals surface area contributed by atoms with E-state index in [4.69, 9.17) is 9.73 Å². The topological polar surface area (TPSA) is 99.4 Å². The van der Waals surface area contributed by atoms with Gasteiger partial charge in [0.05, 0.1) is 17.3 Å². The van der Waals surface area contributed by atoms with Gasteiger partial charge in [-0.2, -0.15) is 0 Å². The van der Waals surface area contributed by atoms with Gasteiger partial charge < -0.3 is 20.1 Å². The quantitative estimate of drug-likeness (QED) is 0.332. The van der Waals surface area contributed by atoms with Crippen molar-refractivity contribution >= 4 is 12.2 Å². The van der Waals surface area contributed by atoms with Gasteiger partial charge in [0.15, 0.2) is 0 Å². The molecule has 0 aromatic rings.